The molecule has 0 aromatic carbocycles. The summed E-state index contributed by atoms with van der Waals surface area (Å²) >= 11 is 0. The number of β-amino-alcohol motifs (C(OH)–C–C–N with tert-alkyl or cyclic N) is 1. The largest absolute Gasteiger partial charge is 0.391 e. The van der Waals surface area contributed by atoms with Gasteiger partial charge < -0.3 is 10.0 Å². The van der Waals surface area contributed by atoms with Crippen molar-refractivity contribution in [2.75, 3.05) is 13.1 Å². The van der Waals surface area contributed by atoms with Gasteiger partial charge in [-0.25, -0.2) is 0 Å². The van der Waals surface area contributed by atoms with Gasteiger partial charge in [0.1, 0.15) is 5.41 Å². The van der Waals surface area contributed by atoms with E-state index >= 15 is 0 Å². The van der Waals surface area contributed by atoms with E-state index in [0.29, 0.717) is 32.4 Å². The second-order valence-corrected chi connectivity index (χ2v) is 4.89. The van der Waals surface area contributed by atoms with Crippen LogP contribution in [0.5, 0.6) is 0 Å². The zero-order chi connectivity index (χ0) is 12.9. The van der Waals surface area contributed by atoms with Gasteiger partial charge in [0, 0.05) is 13.1 Å². The van der Waals surface area contributed by atoms with Gasteiger partial charge in [0.15, 0.2) is 0 Å². The van der Waals surface area contributed by atoms with Gasteiger partial charge in [-0.2, -0.15) is 5.26 Å². The van der Waals surface area contributed by atoms with Crippen molar-refractivity contribution in [2.24, 2.45) is 5.41 Å². The summed E-state index contributed by atoms with van der Waals surface area (Å²) in [7, 11) is 0. The Morgan fingerprint density at radius 1 is 1.47 bits per heavy atom. The van der Waals surface area contributed by atoms with Crippen LogP contribution in [0.2, 0.25) is 0 Å². The zero-order valence-electron chi connectivity index (χ0n) is 10.8. The second kappa shape index (κ2) is 6.02. The summed E-state index contributed by atoms with van der Waals surface area (Å²) in [5.74, 6) is -0.0831. The number of hydrogen-bond acceptors (Lipinski definition) is 3. The Hall–Kier alpha value is -1.08. The number of carbonyl (C=O) groups excluding carboxylic acids is 1. The first-order valence-corrected chi connectivity index (χ1v) is 6.48. The lowest BCUT2D eigenvalue weighted by Gasteiger charge is -2.29. The first kappa shape index (κ1) is 14.0. The fourth-order valence-electron chi connectivity index (χ4n) is 2.58. The van der Waals surface area contributed by atoms with E-state index in [0.717, 1.165) is 12.8 Å². The maximum Gasteiger partial charge on any atom is 0.243 e. The van der Waals surface area contributed by atoms with E-state index < -0.39 is 11.5 Å². The van der Waals surface area contributed by atoms with E-state index in [-0.39, 0.29) is 5.91 Å². The maximum atomic E-state index is 12.4. The van der Waals surface area contributed by atoms with Crippen LogP contribution in [0.1, 0.15) is 46.0 Å². The van der Waals surface area contributed by atoms with E-state index in [1.165, 1.54) is 0 Å². The molecule has 0 aromatic rings. The van der Waals surface area contributed by atoms with Crippen molar-refractivity contribution in [2.45, 2.75) is 52.1 Å². The summed E-state index contributed by atoms with van der Waals surface area (Å²) in [6.07, 6.45) is 3.10. The minimum absolute atomic E-state index is 0.0831. The molecule has 1 rings (SSSR count). The Morgan fingerprint density at radius 2 is 2.06 bits per heavy atom. The smallest absolute Gasteiger partial charge is 0.243 e. The molecule has 1 atom stereocenters. The third-order valence-electron chi connectivity index (χ3n) is 3.43. The topological polar surface area (TPSA) is 64.3 Å². The predicted octanol–water partition coefficient (Wildman–Crippen LogP) is 1.69. The standard InChI is InChI=1S/C13H22N2O2/c1-3-6-13(10-14,7-4-2)12(17)15-8-5-11(16)9-15/h11,16H,3-9H2,1-2H3/t11-/m0/s1. The molecule has 0 saturated carbocycles. The molecule has 0 bridgehead atoms. The van der Waals surface area contributed by atoms with Crippen molar-refractivity contribution in [3.05, 3.63) is 0 Å². The molecule has 4 nitrogen and oxygen atoms in total. The summed E-state index contributed by atoms with van der Waals surface area (Å²) in [5, 5.41) is 18.8. The monoisotopic (exact) mass is 238 g/mol. The number of nitriles is 1. The summed E-state index contributed by atoms with van der Waals surface area (Å²) in [6, 6.07) is 2.24. The minimum Gasteiger partial charge on any atom is -0.391 e. The highest BCUT2D eigenvalue weighted by molar-refractivity contribution is 5.85. The molecule has 1 heterocycles. The van der Waals surface area contributed by atoms with Crippen molar-refractivity contribution in [1.29, 1.82) is 5.26 Å². The Morgan fingerprint density at radius 3 is 2.41 bits per heavy atom. The van der Waals surface area contributed by atoms with Gasteiger partial charge in [0.05, 0.1) is 12.2 Å². The molecule has 0 radical (unpaired) electrons. The third-order valence-corrected chi connectivity index (χ3v) is 3.43. The number of aliphatic hydroxyl groups is 1. The molecule has 1 saturated heterocycles. The first-order valence-electron chi connectivity index (χ1n) is 6.48. The molecule has 0 unspecified atom stereocenters. The van der Waals surface area contributed by atoms with Crippen LogP contribution in [0, 0.1) is 16.7 Å². The van der Waals surface area contributed by atoms with E-state index in [9.17, 15) is 15.2 Å². The van der Waals surface area contributed by atoms with Gasteiger partial charge in [-0.1, -0.05) is 26.7 Å². The molecule has 17 heavy (non-hydrogen) atoms. The molecule has 0 aliphatic carbocycles. The maximum absolute atomic E-state index is 12.4. The third kappa shape index (κ3) is 2.98. The van der Waals surface area contributed by atoms with Crippen molar-refractivity contribution < 1.29 is 9.90 Å². The van der Waals surface area contributed by atoms with E-state index in [1.54, 1.807) is 4.90 Å². The lowest BCUT2D eigenvalue weighted by Crippen LogP contribution is -2.42. The van der Waals surface area contributed by atoms with Crippen molar-refractivity contribution in [1.82, 2.24) is 4.90 Å². The highest BCUT2D eigenvalue weighted by Crippen LogP contribution is 2.32. The van der Waals surface area contributed by atoms with Gasteiger partial charge >= 0.3 is 0 Å². The molecule has 4 heteroatoms. The SMILES string of the molecule is CCCC(C#N)(CCC)C(=O)N1CC[C@H](O)C1. The van der Waals surface area contributed by atoms with Crippen molar-refractivity contribution in [3.8, 4) is 6.07 Å². The Kier molecular flexibility index (Phi) is 4.95. The van der Waals surface area contributed by atoms with Gasteiger partial charge in [-0.15, -0.1) is 0 Å². The first-order chi connectivity index (χ1) is 8.09. The van der Waals surface area contributed by atoms with Gasteiger partial charge in [-0.05, 0) is 19.3 Å². The summed E-state index contributed by atoms with van der Waals surface area (Å²) in [4.78, 5) is 14.1. The number of likely N-dealkylation sites (tertiary alicyclic amines) is 1. The molecular formula is C13H22N2O2. The van der Waals surface area contributed by atoms with Crippen LogP contribution < -0.4 is 0 Å². The van der Waals surface area contributed by atoms with Crippen LogP contribution in [0.25, 0.3) is 0 Å². The number of amides is 1. The molecule has 0 spiro atoms. The molecule has 96 valence electrons. The summed E-state index contributed by atoms with van der Waals surface area (Å²) in [5.41, 5.74) is -0.868. The van der Waals surface area contributed by atoms with E-state index in [1.807, 2.05) is 13.8 Å². The lowest BCUT2D eigenvalue weighted by atomic mass is 9.79. The van der Waals surface area contributed by atoms with Gasteiger partial charge in [0.25, 0.3) is 0 Å². The average molecular weight is 238 g/mol. The zero-order valence-corrected chi connectivity index (χ0v) is 10.8. The average Bonchev–Trinajstić information content (AvgIpc) is 2.74. The van der Waals surface area contributed by atoms with Crippen LogP contribution >= 0.6 is 0 Å². The Balaban J connectivity index is 2.82. The van der Waals surface area contributed by atoms with Crippen LogP contribution in [0.4, 0.5) is 0 Å². The van der Waals surface area contributed by atoms with Gasteiger partial charge in [0.2, 0.25) is 5.91 Å². The molecular weight excluding hydrogens is 216 g/mol. The highest BCUT2D eigenvalue weighted by Gasteiger charge is 2.41. The van der Waals surface area contributed by atoms with Crippen LogP contribution in [-0.4, -0.2) is 35.1 Å². The number of nitrogens with zero attached hydrogens (tertiary/aromatic N) is 2. The Bertz CT molecular complexity index is 303. The predicted molar refractivity (Wildman–Crippen MR) is 65.1 cm³/mol. The minimum atomic E-state index is -0.868. The number of hydrogen-bond donors (Lipinski definition) is 1. The Labute approximate surface area is 103 Å². The van der Waals surface area contributed by atoms with Crippen LogP contribution in [0.3, 0.4) is 0 Å². The van der Waals surface area contributed by atoms with Crippen molar-refractivity contribution >= 4 is 5.91 Å². The summed E-state index contributed by atoms with van der Waals surface area (Å²) in [6.45, 7) is 4.95. The molecule has 1 amide bonds. The fourth-order valence-corrected chi connectivity index (χ4v) is 2.58. The van der Waals surface area contributed by atoms with Gasteiger partial charge in [-0.3, -0.25) is 4.79 Å². The normalized spacial score (nSPS) is 20.4. The fraction of sp³-hybridized carbons (Fsp3) is 0.846. The second-order valence-electron chi connectivity index (χ2n) is 4.89. The van der Waals surface area contributed by atoms with E-state index in [4.69, 9.17) is 0 Å². The number of rotatable bonds is 5. The molecule has 1 aliphatic heterocycles. The molecule has 1 N–H and O–H groups in total. The van der Waals surface area contributed by atoms with Crippen LogP contribution in [-0.2, 0) is 4.79 Å². The molecule has 1 aliphatic rings. The van der Waals surface area contributed by atoms with Crippen LogP contribution in [0.15, 0.2) is 0 Å². The van der Waals surface area contributed by atoms with E-state index in [2.05, 4.69) is 6.07 Å². The quantitative estimate of drug-likeness (QED) is 0.792. The number of aliphatic hydroxyl groups excluding tert-OH is 1. The number of carbonyl (C=O) groups is 1. The summed E-state index contributed by atoms with van der Waals surface area (Å²) < 4.78 is 0. The molecule has 1 fully saturated rings. The highest BCUT2D eigenvalue weighted by atomic mass is 16.3. The lowest BCUT2D eigenvalue weighted by molar-refractivity contribution is -0.139. The van der Waals surface area contributed by atoms with Crippen molar-refractivity contribution in [3.63, 3.8) is 0 Å². The molecule has 0 aromatic heterocycles.